The molecule has 0 radical (unpaired) electrons. The van der Waals surface area contributed by atoms with Crippen LogP contribution in [0, 0.1) is 5.82 Å². The molecular formula is C8H5FN2O. The van der Waals surface area contributed by atoms with Gasteiger partial charge >= 0.3 is 0 Å². The third-order valence-electron chi connectivity index (χ3n) is 1.69. The van der Waals surface area contributed by atoms with Gasteiger partial charge in [0.05, 0.1) is 5.56 Å². The zero-order valence-corrected chi connectivity index (χ0v) is 6.04. The SMILES string of the molecule is Nc1cc(F)c2c(c1)C(=O)N=C2. The Bertz CT molecular complexity index is 398. The molecule has 0 atom stereocenters. The Balaban J connectivity index is 2.74. The molecule has 0 fully saturated rings. The van der Waals surface area contributed by atoms with Crippen LogP contribution >= 0.6 is 0 Å². The highest BCUT2D eigenvalue weighted by molar-refractivity contribution is 6.13. The lowest BCUT2D eigenvalue weighted by Crippen LogP contribution is -1.97. The highest BCUT2D eigenvalue weighted by Crippen LogP contribution is 2.20. The Kier molecular flexibility index (Phi) is 1.24. The molecule has 0 unspecified atom stereocenters. The number of fused-ring (bicyclic) bond motifs is 1. The highest BCUT2D eigenvalue weighted by Gasteiger charge is 2.19. The standard InChI is InChI=1S/C8H5FN2O/c9-7-2-4(10)1-5-6(7)3-11-8(5)12/h1-3H,10H2. The van der Waals surface area contributed by atoms with Crippen molar-refractivity contribution < 1.29 is 9.18 Å². The molecule has 1 heterocycles. The van der Waals surface area contributed by atoms with Gasteiger partial charge in [0, 0.05) is 17.5 Å². The number of amides is 1. The first-order valence-electron chi connectivity index (χ1n) is 3.36. The number of hydrogen-bond donors (Lipinski definition) is 1. The lowest BCUT2D eigenvalue weighted by molar-refractivity contribution is 0.101. The van der Waals surface area contributed by atoms with E-state index < -0.39 is 11.7 Å². The first kappa shape index (κ1) is 6.97. The van der Waals surface area contributed by atoms with E-state index in [1.165, 1.54) is 18.3 Å². The molecule has 0 saturated heterocycles. The molecule has 0 aromatic heterocycles. The second kappa shape index (κ2) is 2.14. The van der Waals surface area contributed by atoms with E-state index >= 15 is 0 Å². The van der Waals surface area contributed by atoms with Gasteiger partial charge in [-0.05, 0) is 12.1 Å². The van der Waals surface area contributed by atoms with Gasteiger partial charge in [-0.15, -0.1) is 0 Å². The summed E-state index contributed by atoms with van der Waals surface area (Å²) < 4.78 is 13.0. The summed E-state index contributed by atoms with van der Waals surface area (Å²) in [6.45, 7) is 0. The van der Waals surface area contributed by atoms with Crippen molar-refractivity contribution in [3.63, 3.8) is 0 Å². The van der Waals surface area contributed by atoms with Gasteiger partial charge in [-0.3, -0.25) is 4.79 Å². The number of carbonyl (C=O) groups excluding carboxylic acids is 1. The number of hydrogen-bond acceptors (Lipinski definition) is 2. The highest BCUT2D eigenvalue weighted by atomic mass is 19.1. The second-order valence-corrected chi connectivity index (χ2v) is 2.53. The molecule has 1 aromatic carbocycles. The zero-order chi connectivity index (χ0) is 8.72. The van der Waals surface area contributed by atoms with E-state index in [2.05, 4.69) is 4.99 Å². The summed E-state index contributed by atoms with van der Waals surface area (Å²) in [6.07, 6.45) is 1.21. The minimum Gasteiger partial charge on any atom is -0.399 e. The molecule has 4 heteroatoms. The maximum absolute atomic E-state index is 13.0. The molecule has 0 bridgehead atoms. The van der Waals surface area contributed by atoms with Crippen molar-refractivity contribution in [3.8, 4) is 0 Å². The number of nitrogens with zero attached hydrogens (tertiary/aromatic N) is 1. The summed E-state index contributed by atoms with van der Waals surface area (Å²) in [5.41, 5.74) is 6.06. The van der Waals surface area contributed by atoms with Crippen molar-refractivity contribution in [2.24, 2.45) is 4.99 Å². The minimum absolute atomic E-state index is 0.231. The molecule has 1 aliphatic rings. The molecule has 1 aromatic rings. The van der Waals surface area contributed by atoms with Crippen molar-refractivity contribution in [2.75, 3.05) is 5.73 Å². The van der Waals surface area contributed by atoms with Crippen LogP contribution in [0.5, 0.6) is 0 Å². The first-order chi connectivity index (χ1) is 5.68. The van der Waals surface area contributed by atoms with Crippen LogP contribution in [0.25, 0.3) is 0 Å². The molecule has 2 N–H and O–H groups in total. The lowest BCUT2D eigenvalue weighted by Gasteiger charge is -1.98. The van der Waals surface area contributed by atoms with Crippen LogP contribution in [0.1, 0.15) is 15.9 Å². The second-order valence-electron chi connectivity index (χ2n) is 2.53. The number of benzene rings is 1. The summed E-state index contributed by atoms with van der Waals surface area (Å²) in [7, 11) is 0. The largest absolute Gasteiger partial charge is 0.399 e. The average molecular weight is 164 g/mol. The van der Waals surface area contributed by atoms with Crippen LogP contribution in [0.3, 0.4) is 0 Å². The summed E-state index contributed by atoms with van der Waals surface area (Å²) >= 11 is 0. The zero-order valence-electron chi connectivity index (χ0n) is 6.04. The van der Waals surface area contributed by atoms with E-state index in [1.54, 1.807) is 0 Å². The molecule has 1 aliphatic heterocycles. The van der Waals surface area contributed by atoms with Crippen molar-refractivity contribution in [1.29, 1.82) is 0 Å². The van der Waals surface area contributed by atoms with Gasteiger partial charge in [0.1, 0.15) is 5.82 Å². The molecule has 0 aliphatic carbocycles. The van der Waals surface area contributed by atoms with E-state index in [1.807, 2.05) is 0 Å². The van der Waals surface area contributed by atoms with Gasteiger partial charge < -0.3 is 5.73 Å². The van der Waals surface area contributed by atoms with Gasteiger partial charge in [0.15, 0.2) is 0 Å². The van der Waals surface area contributed by atoms with Gasteiger partial charge in [-0.25, -0.2) is 9.38 Å². The predicted molar refractivity (Wildman–Crippen MR) is 42.7 cm³/mol. The Morgan fingerprint density at radius 3 is 2.92 bits per heavy atom. The lowest BCUT2D eigenvalue weighted by atomic mass is 10.1. The number of halogens is 1. The summed E-state index contributed by atoms with van der Waals surface area (Å²) in [4.78, 5) is 14.4. The number of rotatable bonds is 0. The summed E-state index contributed by atoms with van der Waals surface area (Å²) in [5.74, 6) is -0.934. The van der Waals surface area contributed by atoms with Gasteiger partial charge in [-0.2, -0.15) is 0 Å². The Morgan fingerprint density at radius 1 is 1.42 bits per heavy atom. The average Bonchev–Trinajstić information content (AvgIpc) is 2.33. The van der Waals surface area contributed by atoms with Crippen LogP contribution < -0.4 is 5.73 Å². The molecule has 1 amide bonds. The number of nitrogen functional groups attached to an aromatic ring is 1. The normalized spacial score (nSPS) is 13.6. The molecule has 2 rings (SSSR count). The smallest absolute Gasteiger partial charge is 0.277 e. The number of anilines is 1. The monoisotopic (exact) mass is 164 g/mol. The Labute approximate surface area is 67.7 Å². The van der Waals surface area contributed by atoms with Crippen molar-refractivity contribution >= 4 is 17.8 Å². The number of carbonyl (C=O) groups is 1. The molecule has 60 valence electrons. The fraction of sp³-hybridized carbons (Fsp3) is 0. The predicted octanol–water partition coefficient (Wildman–Crippen LogP) is 0.981. The third-order valence-corrected chi connectivity index (χ3v) is 1.69. The van der Waals surface area contributed by atoms with E-state index in [-0.39, 0.29) is 16.8 Å². The van der Waals surface area contributed by atoms with E-state index in [0.29, 0.717) is 0 Å². The Morgan fingerprint density at radius 2 is 2.17 bits per heavy atom. The van der Waals surface area contributed by atoms with Crippen LogP contribution in [0.2, 0.25) is 0 Å². The maximum Gasteiger partial charge on any atom is 0.277 e. The van der Waals surface area contributed by atoms with Crippen molar-refractivity contribution in [1.82, 2.24) is 0 Å². The molecule has 12 heavy (non-hydrogen) atoms. The van der Waals surface area contributed by atoms with E-state index in [9.17, 15) is 9.18 Å². The fourth-order valence-electron chi connectivity index (χ4n) is 1.14. The quantitative estimate of drug-likeness (QED) is 0.581. The molecule has 3 nitrogen and oxygen atoms in total. The fourth-order valence-corrected chi connectivity index (χ4v) is 1.14. The number of nitrogens with two attached hydrogens (primary N) is 1. The van der Waals surface area contributed by atoms with E-state index in [0.717, 1.165) is 0 Å². The maximum atomic E-state index is 13.0. The summed E-state index contributed by atoms with van der Waals surface area (Å²) in [6, 6.07) is 2.59. The molecule has 0 spiro atoms. The van der Waals surface area contributed by atoms with Gasteiger partial charge in [-0.1, -0.05) is 0 Å². The third kappa shape index (κ3) is 0.812. The minimum atomic E-state index is -0.500. The summed E-state index contributed by atoms with van der Waals surface area (Å²) in [5, 5.41) is 0. The van der Waals surface area contributed by atoms with Crippen LogP contribution in [0.4, 0.5) is 10.1 Å². The topological polar surface area (TPSA) is 55.5 Å². The van der Waals surface area contributed by atoms with Crippen LogP contribution in [-0.2, 0) is 0 Å². The first-order valence-corrected chi connectivity index (χ1v) is 3.36. The molecular weight excluding hydrogens is 159 g/mol. The van der Waals surface area contributed by atoms with Gasteiger partial charge in [0.2, 0.25) is 0 Å². The van der Waals surface area contributed by atoms with E-state index in [4.69, 9.17) is 5.73 Å². The van der Waals surface area contributed by atoms with Gasteiger partial charge in [0.25, 0.3) is 5.91 Å². The van der Waals surface area contributed by atoms with Crippen LogP contribution in [0.15, 0.2) is 17.1 Å². The molecule has 0 saturated carbocycles. The van der Waals surface area contributed by atoms with Crippen LogP contribution in [-0.4, -0.2) is 12.1 Å². The Hall–Kier alpha value is -1.71. The van der Waals surface area contributed by atoms with Crippen molar-refractivity contribution in [3.05, 3.63) is 29.1 Å². The van der Waals surface area contributed by atoms with Crippen molar-refractivity contribution in [2.45, 2.75) is 0 Å². The number of aliphatic imine (C=N–C) groups is 1.